The van der Waals surface area contributed by atoms with Crippen molar-refractivity contribution in [2.45, 2.75) is 33.0 Å². The van der Waals surface area contributed by atoms with Crippen molar-refractivity contribution in [3.63, 3.8) is 0 Å². The van der Waals surface area contributed by atoms with Crippen molar-refractivity contribution in [1.82, 2.24) is 9.55 Å². The lowest BCUT2D eigenvalue weighted by atomic mass is 10.2. The lowest BCUT2D eigenvalue weighted by Crippen LogP contribution is -2.39. The molecule has 0 saturated heterocycles. The van der Waals surface area contributed by atoms with E-state index in [1.54, 1.807) is 7.11 Å². The molecule has 6 nitrogen and oxygen atoms in total. The molecule has 164 valence electrons. The number of amides is 1. The Morgan fingerprint density at radius 3 is 2.28 bits per heavy atom. The molecular formula is C26H27N3O3. The molecule has 0 aliphatic heterocycles. The van der Waals surface area contributed by atoms with Gasteiger partial charge in [0.25, 0.3) is 0 Å². The van der Waals surface area contributed by atoms with Gasteiger partial charge in [0.2, 0.25) is 5.91 Å². The van der Waals surface area contributed by atoms with E-state index < -0.39 is 0 Å². The highest BCUT2D eigenvalue weighted by atomic mass is 16.5. The van der Waals surface area contributed by atoms with Crippen LogP contribution in [0.2, 0.25) is 0 Å². The lowest BCUT2D eigenvalue weighted by molar-refractivity contribution is -0.119. The fourth-order valence-electron chi connectivity index (χ4n) is 3.76. The average molecular weight is 430 g/mol. The summed E-state index contributed by atoms with van der Waals surface area (Å²) in [5, 5.41) is 0. The molecule has 0 fully saturated rings. The Morgan fingerprint density at radius 1 is 0.938 bits per heavy atom. The second-order valence-corrected chi connectivity index (χ2v) is 7.76. The fraction of sp³-hybridized carbons (Fsp3) is 0.231. The van der Waals surface area contributed by atoms with E-state index in [0.717, 1.165) is 22.5 Å². The van der Waals surface area contributed by atoms with Gasteiger partial charge in [-0.2, -0.15) is 0 Å². The summed E-state index contributed by atoms with van der Waals surface area (Å²) >= 11 is 0. The van der Waals surface area contributed by atoms with Gasteiger partial charge in [-0.25, -0.2) is 4.98 Å². The predicted octanol–water partition coefficient (Wildman–Crippen LogP) is 5.07. The van der Waals surface area contributed by atoms with E-state index in [1.807, 2.05) is 102 Å². The molecule has 0 aliphatic rings. The molecule has 6 heteroatoms. The molecule has 0 spiro atoms. The first kappa shape index (κ1) is 21.4. The quantitative estimate of drug-likeness (QED) is 0.393. The molecule has 0 unspecified atom stereocenters. The summed E-state index contributed by atoms with van der Waals surface area (Å²) in [4.78, 5) is 20.0. The fourth-order valence-corrected chi connectivity index (χ4v) is 3.76. The number of imidazole rings is 1. The molecule has 4 rings (SSSR count). The van der Waals surface area contributed by atoms with Crippen LogP contribution in [-0.2, 0) is 17.9 Å². The molecular weight excluding hydrogens is 402 g/mol. The summed E-state index contributed by atoms with van der Waals surface area (Å²) in [5.74, 6) is 2.18. The molecule has 1 heterocycles. The van der Waals surface area contributed by atoms with E-state index in [9.17, 15) is 4.79 Å². The average Bonchev–Trinajstić information content (AvgIpc) is 3.16. The Morgan fingerprint density at radius 2 is 1.59 bits per heavy atom. The largest absolute Gasteiger partial charge is 0.497 e. The highest BCUT2D eigenvalue weighted by molar-refractivity contribution is 5.94. The monoisotopic (exact) mass is 429 g/mol. The van der Waals surface area contributed by atoms with E-state index in [2.05, 4.69) is 0 Å². The minimum absolute atomic E-state index is 0.0000468. The minimum Gasteiger partial charge on any atom is -0.497 e. The zero-order valence-corrected chi connectivity index (χ0v) is 18.6. The molecule has 0 N–H and O–H groups in total. The van der Waals surface area contributed by atoms with Crippen LogP contribution >= 0.6 is 0 Å². The molecule has 0 bridgehead atoms. The molecule has 0 saturated carbocycles. The number of ether oxygens (including phenoxy) is 2. The van der Waals surface area contributed by atoms with Crippen molar-refractivity contribution < 1.29 is 14.3 Å². The Kier molecular flexibility index (Phi) is 6.40. The van der Waals surface area contributed by atoms with Crippen LogP contribution in [0.1, 0.15) is 19.7 Å². The summed E-state index contributed by atoms with van der Waals surface area (Å²) in [6.07, 6.45) is 0. The molecule has 0 radical (unpaired) electrons. The van der Waals surface area contributed by atoms with Crippen LogP contribution in [0.25, 0.3) is 11.0 Å². The lowest BCUT2D eigenvalue weighted by Gasteiger charge is -2.27. The van der Waals surface area contributed by atoms with Gasteiger partial charge >= 0.3 is 0 Å². The Labute approximate surface area is 188 Å². The van der Waals surface area contributed by atoms with Crippen LogP contribution in [0, 0.1) is 0 Å². The van der Waals surface area contributed by atoms with Gasteiger partial charge in [0, 0.05) is 11.7 Å². The van der Waals surface area contributed by atoms with Crippen molar-refractivity contribution in [2.75, 3.05) is 12.0 Å². The number of carbonyl (C=O) groups excluding carboxylic acids is 1. The molecule has 3 aromatic carbocycles. The van der Waals surface area contributed by atoms with E-state index in [4.69, 9.17) is 14.5 Å². The van der Waals surface area contributed by atoms with Crippen LogP contribution in [0.4, 0.5) is 5.69 Å². The maximum Gasteiger partial charge on any atom is 0.247 e. The van der Waals surface area contributed by atoms with Crippen LogP contribution < -0.4 is 14.4 Å². The predicted molar refractivity (Wildman–Crippen MR) is 126 cm³/mol. The standard InChI is InChI=1S/C26H27N3O3/c1-19(2)29(20-9-5-4-6-10-20)26(30)17-28-24-12-8-7-11-23(24)27-25(28)18-32-22-15-13-21(31-3)14-16-22/h4-16,19H,17-18H2,1-3H3. The maximum atomic E-state index is 13.4. The van der Waals surface area contributed by atoms with Crippen LogP contribution in [-0.4, -0.2) is 28.6 Å². The van der Waals surface area contributed by atoms with E-state index >= 15 is 0 Å². The Bertz CT molecular complexity index is 1180. The first-order valence-electron chi connectivity index (χ1n) is 10.6. The number of fused-ring (bicyclic) bond motifs is 1. The van der Waals surface area contributed by atoms with E-state index in [-0.39, 0.29) is 25.1 Å². The van der Waals surface area contributed by atoms with Crippen molar-refractivity contribution in [3.8, 4) is 11.5 Å². The number of carbonyl (C=O) groups is 1. The van der Waals surface area contributed by atoms with Crippen LogP contribution in [0.3, 0.4) is 0 Å². The van der Waals surface area contributed by atoms with Gasteiger partial charge in [0.15, 0.2) is 0 Å². The smallest absolute Gasteiger partial charge is 0.247 e. The summed E-state index contributed by atoms with van der Waals surface area (Å²) in [7, 11) is 1.63. The van der Waals surface area contributed by atoms with Gasteiger partial charge in [0.05, 0.1) is 18.1 Å². The van der Waals surface area contributed by atoms with E-state index in [1.165, 1.54) is 0 Å². The number of nitrogens with zero attached hydrogens (tertiary/aromatic N) is 3. The third kappa shape index (κ3) is 4.59. The van der Waals surface area contributed by atoms with Crippen LogP contribution in [0.5, 0.6) is 11.5 Å². The molecule has 1 amide bonds. The van der Waals surface area contributed by atoms with Gasteiger partial charge in [0.1, 0.15) is 30.5 Å². The van der Waals surface area contributed by atoms with Crippen molar-refractivity contribution in [1.29, 1.82) is 0 Å². The first-order chi connectivity index (χ1) is 15.6. The van der Waals surface area contributed by atoms with Gasteiger partial charge in [-0.05, 0) is 62.4 Å². The number of methoxy groups -OCH3 is 1. The van der Waals surface area contributed by atoms with E-state index in [0.29, 0.717) is 11.6 Å². The molecule has 1 aromatic heterocycles. The number of para-hydroxylation sites is 3. The molecule has 4 aromatic rings. The summed E-state index contributed by atoms with van der Waals surface area (Å²) in [6.45, 7) is 4.46. The zero-order chi connectivity index (χ0) is 22.5. The van der Waals surface area contributed by atoms with Crippen molar-refractivity contribution in [3.05, 3.63) is 84.7 Å². The number of hydrogen-bond acceptors (Lipinski definition) is 4. The summed E-state index contributed by atoms with van der Waals surface area (Å²) < 4.78 is 13.1. The number of benzene rings is 3. The minimum atomic E-state index is 0.0000468. The molecule has 0 atom stereocenters. The molecule has 32 heavy (non-hydrogen) atoms. The Hall–Kier alpha value is -3.80. The number of anilines is 1. The van der Waals surface area contributed by atoms with Gasteiger partial charge in [-0.1, -0.05) is 30.3 Å². The summed E-state index contributed by atoms with van der Waals surface area (Å²) in [6, 6.07) is 25.0. The SMILES string of the molecule is COc1ccc(OCc2nc3ccccc3n2CC(=O)N(c2ccccc2)C(C)C)cc1. The maximum absolute atomic E-state index is 13.4. The normalized spacial score (nSPS) is 11.0. The second kappa shape index (κ2) is 9.56. The van der Waals surface area contributed by atoms with Gasteiger partial charge < -0.3 is 18.9 Å². The van der Waals surface area contributed by atoms with Gasteiger partial charge in [-0.15, -0.1) is 0 Å². The van der Waals surface area contributed by atoms with Gasteiger partial charge in [-0.3, -0.25) is 4.79 Å². The topological polar surface area (TPSA) is 56.6 Å². The van der Waals surface area contributed by atoms with Crippen LogP contribution in [0.15, 0.2) is 78.9 Å². The first-order valence-corrected chi connectivity index (χ1v) is 10.6. The highest BCUT2D eigenvalue weighted by Gasteiger charge is 2.22. The third-order valence-electron chi connectivity index (χ3n) is 5.27. The number of hydrogen-bond donors (Lipinski definition) is 0. The number of aromatic nitrogens is 2. The highest BCUT2D eigenvalue weighted by Crippen LogP contribution is 2.22. The third-order valence-corrected chi connectivity index (χ3v) is 5.27. The molecule has 0 aliphatic carbocycles. The van der Waals surface area contributed by atoms with Crippen molar-refractivity contribution >= 4 is 22.6 Å². The van der Waals surface area contributed by atoms with Crippen molar-refractivity contribution in [2.24, 2.45) is 0 Å². The second-order valence-electron chi connectivity index (χ2n) is 7.76. The zero-order valence-electron chi connectivity index (χ0n) is 18.6. The Balaban J connectivity index is 1.61. The number of rotatable bonds is 8. The summed E-state index contributed by atoms with van der Waals surface area (Å²) in [5.41, 5.74) is 2.63.